The van der Waals surface area contributed by atoms with Crippen molar-refractivity contribution in [1.82, 2.24) is 5.32 Å². The molecular formula is C17H17N3O4. The molecule has 124 valence electrons. The summed E-state index contributed by atoms with van der Waals surface area (Å²) < 4.78 is 5.33. The molecule has 1 amide bonds. The van der Waals surface area contributed by atoms with Crippen molar-refractivity contribution < 1.29 is 14.5 Å². The van der Waals surface area contributed by atoms with Gasteiger partial charge in [0.15, 0.2) is 0 Å². The molecule has 1 aliphatic heterocycles. The molecule has 0 aliphatic carbocycles. The number of nitro benzene ring substituents is 1. The van der Waals surface area contributed by atoms with Gasteiger partial charge in [0.05, 0.1) is 17.6 Å². The molecule has 0 fully saturated rings. The van der Waals surface area contributed by atoms with Crippen LogP contribution in [0.3, 0.4) is 0 Å². The Hall–Kier alpha value is -3.09. The van der Waals surface area contributed by atoms with Crippen molar-refractivity contribution in [1.29, 1.82) is 0 Å². The quantitative estimate of drug-likeness (QED) is 0.688. The fourth-order valence-electron chi connectivity index (χ4n) is 2.83. The molecule has 0 saturated heterocycles. The molecular weight excluding hydrogens is 310 g/mol. The summed E-state index contributed by atoms with van der Waals surface area (Å²) in [5.74, 6) is 0.473. The van der Waals surface area contributed by atoms with Crippen molar-refractivity contribution in [2.45, 2.75) is 6.54 Å². The molecule has 7 nitrogen and oxygen atoms in total. The number of nitro groups is 1. The topological polar surface area (TPSA) is 84.7 Å². The molecule has 1 heterocycles. The molecule has 0 aromatic heterocycles. The fourth-order valence-corrected chi connectivity index (χ4v) is 2.83. The van der Waals surface area contributed by atoms with Gasteiger partial charge in [0, 0.05) is 43.0 Å². The summed E-state index contributed by atoms with van der Waals surface area (Å²) in [6, 6.07) is 11.9. The number of nitrogens with zero attached hydrogens (tertiary/aromatic N) is 2. The number of carbonyl (C=O) groups is 1. The van der Waals surface area contributed by atoms with Crippen molar-refractivity contribution in [3.05, 3.63) is 63.7 Å². The Morgan fingerprint density at radius 2 is 2.08 bits per heavy atom. The zero-order valence-corrected chi connectivity index (χ0v) is 13.2. The number of ether oxygens (including phenoxy) is 1. The van der Waals surface area contributed by atoms with Crippen LogP contribution in [-0.4, -0.2) is 31.0 Å². The van der Waals surface area contributed by atoms with Crippen molar-refractivity contribution >= 4 is 17.3 Å². The van der Waals surface area contributed by atoms with Crippen molar-refractivity contribution in [3.8, 4) is 5.75 Å². The van der Waals surface area contributed by atoms with E-state index in [1.54, 1.807) is 12.1 Å². The second-order valence-electron chi connectivity index (χ2n) is 5.45. The van der Waals surface area contributed by atoms with Crippen LogP contribution in [0.1, 0.15) is 15.9 Å². The first kappa shape index (κ1) is 15.8. The van der Waals surface area contributed by atoms with Crippen LogP contribution < -0.4 is 15.0 Å². The van der Waals surface area contributed by atoms with Gasteiger partial charge in [-0.15, -0.1) is 0 Å². The van der Waals surface area contributed by atoms with E-state index in [1.807, 2.05) is 23.1 Å². The highest BCUT2D eigenvalue weighted by molar-refractivity contribution is 6.00. The number of rotatable bonds is 4. The Balaban J connectivity index is 1.99. The summed E-state index contributed by atoms with van der Waals surface area (Å²) in [7, 11) is 1.53. The largest absolute Gasteiger partial charge is 0.496 e. The Bertz CT molecular complexity index is 791. The molecule has 0 bridgehead atoms. The number of anilines is 1. The van der Waals surface area contributed by atoms with E-state index in [-0.39, 0.29) is 11.6 Å². The number of hydrogen-bond acceptors (Lipinski definition) is 5. The first-order chi connectivity index (χ1) is 11.6. The van der Waals surface area contributed by atoms with E-state index in [9.17, 15) is 14.9 Å². The molecule has 0 saturated carbocycles. The summed E-state index contributed by atoms with van der Waals surface area (Å²) in [6.07, 6.45) is 0. The molecule has 0 atom stereocenters. The van der Waals surface area contributed by atoms with E-state index >= 15 is 0 Å². The van der Waals surface area contributed by atoms with Gasteiger partial charge in [-0.05, 0) is 18.2 Å². The number of non-ortho nitro benzene ring substituents is 1. The lowest BCUT2D eigenvalue weighted by Gasteiger charge is -2.24. The SMILES string of the molecule is COc1ccc([N+](=O)[O-])cc1CN1CCNC(=O)c2ccccc21. The molecule has 2 aromatic rings. The van der Waals surface area contributed by atoms with Crippen molar-refractivity contribution in [2.24, 2.45) is 0 Å². The summed E-state index contributed by atoms with van der Waals surface area (Å²) in [5.41, 5.74) is 2.12. The van der Waals surface area contributed by atoms with E-state index < -0.39 is 4.92 Å². The van der Waals surface area contributed by atoms with Gasteiger partial charge in [-0.25, -0.2) is 0 Å². The van der Waals surface area contributed by atoms with Gasteiger partial charge in [0.2, 0.25) is 0 Å². The van der Waals surface area contributed by atoms with E-state index in [0.717, 1.165) is 5.69 Å². The number of para-hydroxylation sites is 1. The first-order valence-electron chi connectivity index (χ1n) is 7.53. The van der Waals surface area contributed by atoms with Gasteiger partial charge in [0.1, 0.15) is 5.75 Å². The standard InChI is InChI=1S/C17H17N3O4/c1-24-16-7-6-13(20(22)23)10-12(16)11-19-9-8-18-17(21)14-4-2-3-5-15(14)19/h2-7,10H,8-9,11H2,1H3,(H,18,21). The van der Waals surface area contributed by atoms with Gasteiger partial charge in [-0.1, -0.05) is 12.1 Å². The maximum Gasteiger partial charge on any atom is 0.270 e. The average Bonchev–Trinajstić information content (AvgIpc) is 2.75. The van der Waals surface area contributed by atoms with E-state index in [1.165, 1.54) is 19.2 Å². The van der Waals surface area contributed by atoms with E-state index in [0.29, 0.717) is 36.5 Å². The average molecular weight is 327 g/mol. The molecule has 3 rings (SSSR count). The normalized spacial score (nSPS) is 13.7. The molecule has 0 spiro atoms. The van der Waals surface area contributed by atoms with Crippen LogP contribution in [0.25, 0.3) is 0 Å². The minimum Gasteiger partial charge on any atom is -0.496 e. The number of amides is 1. The lowest BCUT2D eigenvalue weighted by atomic mass is 10.1. The second-order valence-corrected chi connectivity index (χ2v) is 5.45. The fraction of sp³-hybridized carbons (Fsp3) is 0.235. The molecule has 1 aliphatic rings. The molecule has 2 aromatic carbocycles. The van der Waals surface area contributed by atoms with Crippen molar-refractivity contribution in [3.63, 3.8) is 0 Å². The van der Waals surface area contributed by atoms with Crippen LogP contribution in [0.4, 0.5) is 11.4 Å². The number of benzene rings is 2. The van der Waals surface area contributed by atoms with Crippen LogP contribution in [0.15, 0.2) is 42.5 Å². The number of nitrogens with one attached hydrogen (secondary N) is 1. The Kier molecular flexibility index (Phi) is 4.33. The maximum absolute atomic E-state index is 12.1. The van der Waals surface area contributed by atoms with Crippen LogP contribution in [-0.2, 0) is 6.54 Å². The number of methoxy groups -OCH3 is 1. The number of fused-ring (bicyclic) bond motifs is 1. The Morgan fingerprint density at radius 3 is 2.83 bits per heavy atom. The van der Waals surface area contributed by atoms with Gasteiger partial charge in [-0.2, -0.15) is 0 Å². The van der Waals surface area contributed by atoms with E-state index in [2.05, 4.69) is 5.32 Å². The predicted molar refractivity (Wildman–Crippen MR) is 89.5 cm³/mol. The summed E-state index contributed by atoms with van der Waals surface area (Å²) in [6.45, 7) is 1.52. The zero-order chi connectivity index (χ0) is 17.1. The molecule has 0 unspecified atom stereocenters. The van der Waals surface area contributed by atoms with Gasteiger partial charge < -0.3 is 15.0 Å². The molecule has 1 N–H and O–H groups in total. The first-order valence-corrected chi connectivity index (χ1v) is 7.53. The lowest BCUT2D eigenvalue weighted by Crippen LogP contribution is -2.29. The summed E-state index contributed by atoms with van der Waals surface area (Å²) in [5, 5.41) is 13.9. The smallest absolute Gasteiger partial charge is 0.270 e. The molecule has 0 radical (unpaired) electrons. The Morgan fingerprint density at radius 1 is 1.29 bits per heavy atom. The lowest BCUT2D eigenvalue weighted by molar-refractivity contribution is -0.384. The number of carbonyl (C=O) groups excluding carboxylic acids is 1. The van der Waals surface area contributed by atoms with Crippen molar-refractivity contribution in [2.75, 3.05) is 25.1 Å². The predicted octanol–water partition coefficient (Wildman–Crippen LogP) is 2.35. The Labute approximate surface area is 139 Å². The third-order valence-electron chi connectivity index (χ3n) is 3.99. The highest BCUT2D eigenvalue weighted by atomic mass is 16.6. The summed E-state index contributed by atoms with van der Waals surface area (Å²) >= 11 is 0. The minimum absolute atomic E-state index is 0.0168. The third kappa shape index (κ3) is 3.01. The van der Waals surface area contributed by atoms with Gasteiger partial charge >= 0.3 is 0 Å². The third-order valence-corrected chi connectivity index (χ3v) is 3.99. The van der Waals surface area contributed by atoms with E-state index in [4.69, 9.17) is 4.74 Å². The van der Waals surface area contributed by atoms with Gasteiger partial charge in [-0.3, -0.25) is 14.9 Å². The number of hydrogen-bond donors (Lipinski definition) is 1. The molecule has 24 heavy (non-hydrogen) atoms. The molecule has 7 heteroatoms. The van der Waals surface area contributed by atoms with Crippen LogP contribution in [0.5, 0.6) is 5.75 Å². The van der Waals surface area contributed by atoms with Crippen LogP contribution in [0.2, 0.25) is 0 Å². The van der Waals surface area contributed by atoms with Crippen LogP contribution >= 0.6 is 0 Å². The monoisotopic (exact) mass is 327 g/mol. The highest BCUT2D eigenvalue weighted by Gasteiger charge is 2.22. The highest BCUT2D eigenvalue weighted by Crippen LogP contribution is 2.29. The van der Waals surface area contributed by atoms with Gasteiger partial charge in [0.25, 0.3) is 11.6 Å². The second kappa shape index (κ2) is 6.57. The maximum atomic E-state index is 12.1. The zero-order valence-electron chi connectivity index (χ0n) is 13.2. The van der Waals surface area contributed by atoms with Crippen LogP contribution in [0, 0.1) is 10.1 Å². The summed E-state index contributed by atoms with van der Waals surface area (Å²) in [4.78, 5) is 24.8. The minimum atomic E-state index is -0.426.